The Bertz CT molecular complexity index is 314. The molecule has 0 atom stereocenters. The maximum Gasteiger partial charge on any atom is 0.189 e. The van der Waals surface area contributed by atoms with Crippen molar-refractivity contribution in [3.63, 3.8) is 0 Å². The van der Waals surface area contributed by atoms with Crippen molar-refractivity contribution >= 4 is 0 Å². The fourth-order valence-corrected chi connectivity index (χ4v) is 0.959. The summed E-state index contributed by atoms with van der Waals surface area (Å²) < 4.78 is 0. The minimum absolute atomic E-state index is 0.0451. The molecule has 0 aromatic heterocycles. The van der Waals surface area contributed by atoms with Crippen LogP contribution in [0.5, 0.6) is 0 Å². The summed E-state index contributed by atoms with van der Waals surface area (Å²) in [5.41, 5.74) is 0.238. The van der Waals surface area contributed by atoms with Crippen molar-refractivity contribution in [3.05, 3.63) is 35.9 Å². The summed E-state index contributed by atoms with van der Waals surface area (Å²) in [7, 11) is 0. The Kier molecular flexibility index (Phi) is 7.09. The fourth-order valence-electron chi connectivity index (χ4n) is 0.959. The van der Waals surface area contributed by atoms with Crippen molar-refractivity contribution in [2.45, 2.75) is 33.0 Å². The number of aliphatic hydroxyl groups is 4. The molecule has 0 saturated heterocycles. The molecule has 0 bridgehead atoms. The molecule has 18 heavy (non-hydrogen) atoms. The van der Waals surface area contributed by atoms with Crippen molar-refractivity contribution in [2.75, 3.05) is 13.2 Å². The summed E-state index contributed by atoms with van der Waals surface area (Å²) in [4.78, 5) is 0. The number of benzene rings is 1. The molecule has 1 rings (SSSR count). The van der Waals surface area contributed by atoms with E-state index >= 15 is 0 Å². The molecule has 4 N–H and O–H groups in total. The molecule has 0 spiro atoms. The predicted molar refractivity (Wildman–Crippen MR) is 70.8 cm³/mol. The second-order valence-corrected chi connectivity index (χ2v) is 5.02. The van der Waals surface area contributed by atoms with Gasteiger partial charge in [0, 0.05) is 17.4 Å². The Labute approximate surface area is 109 Å². The van der Waals surface area contributed by atoms with Crippen molar-refractivity contribution in [1.82, 2.24) is 0 Å². The standard InChI is InChI=1S/C9H12O2.C5H12O2/c1-2-9(10,11)8-6-4-3-5-7-8;1-5(2,3-6)4-7/h3-7,10-11H,2H2,1H3;6-7H,3-4H2,1-2H3. The Morgan fingerprint density at radius 1 is 0.944 bits per heavy atom. The summed E-state index contributed by atoms with van der Waals surface area (Å²) in [6.45, 7) is 5.42. The van der Waals surface area contributed by atoms with Crippen LogP contribution >= 0.6 is 0 Å². The van der Waals surface area contributed by atoms with Crippen molar-refractivity contribution < 1.29 is 20.4 Å². The molecule has 0 aliphatic heterocycles. The molecule has 1 aromatic rings. The second-order valence-electron chi connectivity index (χ2n) is 5.02. The SMILES string of the molecule is CC(C)(CO)CO.CCC(O)(O)c1ccccc1. The molecule has 4 nitrogen and oxygen atoms in total. The van der Waals surface area contributed by atoms with E-state index in [2.05, 4.69) is 0 Å². The van der Waals surface area contributed by atoms with Crippen LogP contribution in [0.3, 0.4) is 0 Å². The Balaban J connectivity index is 0.000000360. The predicted octanol–water partition coefficient (Wildman–Crippen LogP) is 1.23. The van der Waals surface area contributed by atoms with Gasteiger partial charge in [0.2, 0.25) is 0 Å². The Morgan fingerprint density at radius 2 is 1.39 bits per heavy atom. The molecule has 0 fully saturated rings. The molecule has 0 unspecified atom stereocenters. The number of hydrogen-bond acceptors (Lipinski definition) is 4. The van der Waals surface area contributed by atoms with Gasteiger partial charge in [-0.05, 0) is 0 Å². The van der Waals surface area contributed by atoms with Crippen molar-refractivity contribution in [1.29, 1.82) is 0 Å². The average molecular weight is 256 g/mol. The van der Waals surface area contributed by atoms with Gasteiger partial charge in [-0.25, -0.2) is 0 Å². The molecule has 0 amide bonds. The van der Waals surface area contributed by atoms with Gasteiger partial charge >= 0.3 is 0 Å². The van der Waals surface area contributed by atoms with E-state index in [1.807, 2.05) is 6.07 Å². The first-order chi connectivity index (χ1) is 8.29. The van der Waals surface area contributed by atoms with Gasteiger partial charge in [0.05, 0.1) is 13.2 Å². The van der Waals surface area contributed by atoms with Crippen LogP contribution < -0.4 is 0 Å². The monoisotopic (exact) mass is 256 g/mol. The van der Waals surface area contributed by atoms with Gasteiger partial charge in [-0.1, -0.05) is 51.1 Å². The minimum Gasteiger partial charge on any atom is -0.396 e. The molecule has 0 heterocycles. The molecule has 0 aliphatic carbocycles. The normalized spacial score (nSPS) is 11.7. The number of hydrogen-bond donors (Lipinski definition) is 4. The minimum atomic E-state index is -1.67. The summed E-state index contributed by atoms with van der Waals surface area (Å²) >= 11 is 0. The first-order valence-electron chi connectivity index (χ1n) is 6.01. The third kappa shape index (κ3) is 6.12. The van der Waals surface area contributed by atoms with Gasteiger partial charge in [0.1, 0.15) is 0 Å². The van der Waals surface area contributed by atoms with E-state index in [9.17, 15) is 10.2 Å². The van der Waals surface area contributed by atoms with E-state index in [0.29, 0.717) is 12.0 Å². The molecule has 0 radical (unpaired) electrons. The van der Waals surface area contributed by atoms with E-state index in [-0.39, 0.29) is 18.6 Å². The highest BCUT2D eigenvalue weighted by Gasteiger charge is 2.21. The highest BCUT2D eigenvalue weighted by Crippen LogP contribution is 2.20. The lowest BCUT2D eigenvalue weighted by Crippen LogP contribution is -2.23. The van der Waals surface area contributed by atoms with Crippen LogP contribution in [0.25, 0.3) is 0 Å². The molecule has 0 saturated carbocycles. The summed E-state index contributed by atoms with van der Waals surface area (Å²) in [6, 6.07) is 8.81. The van der Waals surface area contributed by atoms with Crippen LogP contribution in [0, 0.1) is 5.41 Å². The van der Waals surface area contributed by atoms with Crippen LogP contribution in [0.1, 0.15) is 32.8 Å². The lowest BCUT2D eigenvalue weighted by atomic mass is 9.97. The third-order valence-electron chi connectivity index (χ3n) is 2.59. The Morgan fingerprint density at radius 3 is 1.67 bits per heavy atom. The van der Waals surface area contributed by atoms with Crippen LogP contribution in [0.15, 0.2) is 30.3 Å². The zero-order chi connectivity index (χ0) is 14.2. The maximum atomic E-state index is 9.35. The van der Waals surface area contributed by atoms with Gasteiger partial charge in [-0.2, -0.15) is 0 Å². The zero-order valence-electron chi connectivity index (χ0n) is 11.3. The highest BCUT2D eigenvalue weighted by molar-refractivity contribution is 5.19. The molecular weight excluding hydrogens is 232 g/mol. The van der Waals surface area contributed by atoms with E-state index < -0.39 is 5.79 Å². The second kappa shape index (κ2) is 7.48. The smallest absolute Gasteiger partial charge is 0.189 e. The molecular formula is C14H24O4. The van der Waals surface area contributed by atoms with Gasteiger partial charge in [0.25, 0.3) is 0 Å². The quantitative estimate of drug-likeness (QED) is 0.611. The molecule has 4 heteroatoms. The van der Waals surface area contributed by atoms with Gasteiger partial charge in [0.15, 0.2) is 5.79 Å². The highest BCUT2D eigenvalue weighted by atomic mass is 16.5. The molecule has 104 valence electrons. The molecule has 1 aromatic carbocycles. The lowest BCUT2D eigenvalue weighted by molar-refractivity contribution is -0.171. The number of rotatable bonds is 4. The third-order valence-corrected chi connectivity index (χ3v) is 2.59. The summed E-state index contributed by atoms with van der Waals surface area (Å²) in [5.74, 6) is -1.67. The van der Waals surface area contributed by atoms with Gasteiger partial charge < -0.3 is 20.4 Å². The zero-order valence-corrected chi connectivity index (χ0v) is 11.3. The number of aliphatic hydroxyl groups excluding tert-OH is 2. The summed E-state index contributed by atoms with van der Waals surface area (Å²) in [6.07, 6.45) is 0.303. The largest absolute Gasteiger partial charge is 0.396 e. The van der Waals surface area contributed by atoms with E-state index in [1.54, 1.807) is 45.0 Å². The van der Waals surface area contributed by atoms with E-state index in [0.717, 1.165) is 0 Å². The maximum absolute atomic E-state index is 9.35. The topological polar surface area (TPSA) is 80.9 Å². The van der Waals surface area contributed by atoms with E-state index in [1.165, 1.54) is 0 Å². The first-order valence-corrected chi connectivity index (χ1v) is 6.01. The lowest BCUT2D eigenvalue weighted by Gasteiger charge is -2.19. The fraction of sp³-hybridized carbons (Fsp3) is 0.571. The molecule has 0 aliphatic rings. The van der Waals surface area contributed by atoms with Crippen LogP contribution in [-0.2, 0) is 5.79 Å². The van der Waals surface area contributed by atoms with Crippen molar-refractivity contribution in [2.24, 2.45) is 5.41 Å². The Hall–Kier alpha value is -0.940. The average Bonchev–Trinajstić information content (AvgIpc) is 2.40. The van der Waals surface area contributed by atoms with Gasteiger partial charge in [-0.3, -0.25) is 0 Å². The first kappa shape index (κ1) is 17.1. The summed E-state index contributed by atoms with van der Waals surface area (Å²) in [5, 5.41) is 35.6. The van der Waals surface area contributed by atoms with Gasteiger partial charge in [-0.15, -0.1) is 0 Å². The van der Waals surface area contributed by atoms with Crippen molar-refractivity contribution in [3.8, 4) is 0 Å². The van der Waals surface area contributed by atoms with Crippen LogP contribution in [0.4, 0.5) is 0 Å². The van der Waals surface area contributed by atoms with E-state index in [4.69, 9.17) is 10.2 Å². The van der Waals surface area contributed by atoms with Crippen LogP contribution in [-0.4, -0.2) is 33.6 Å². The van der Waals surface area contributed by atoms with Crippen LogP contribution in [0.2, 0.25) is 0 Å².